The molecule has 1 aliphatic carbocycles. The lowest BCUT2D eigenvalue weighted by atomic mass is 9.77. The van der Waals surface area contributed by atoms with Crippen LogP contribution in [0.3, 0.4) is 0 Å². The zero-order valence-electron chi connectivity index (χ0n) is 15.9. The largest absolute Gasteiger partial charge is 0.382 e. The predicted molar refractivity (Wildman–Crippen MR) is 113 cm³/mol. The second-order valence-electron chi connectivity index (χ2n) is 7.62. The van der Waals surface area contributed by atoms with E-state index in [2.05, 4.69) is 19.9 Å². The molecule has 0 bridgehead atoms. The Balaban J connectivity index is 1.43. The molecular weight excluding hydrogens is 396 g/mol. The Morgan fingerprint density at radius 2 is 2.00 bits per heavy atom. The summed E-state index contributed by atoms with van der Waals surface area (Å²) in [6, 6.07) is 1.79. The number of hydrogen-bond donors (Lipinski definition) is 2. The smallest absolute Gasteiger partial charge is 0.158 e. The molecule has 28 heavy (non-hydrogen) atoms. The van der Waals surface area contributed by atoms with Crippen molar-refractivity contribution < 1.29 is 4.74 Å². The second kappa shape index (κ2) is 7.93. The molecule has 7 nitrogen and oxygen atoms in total. The molecule has 1 saturated heterocycles. The van der Waals surface area contributed by atoms with Crippen LogP contribution in [-0.4, -0.2) is 41.3 Å². The molecule has 4 N–H and O–H groups in total. The Bertz CT molecular complexity index is 858. The Morgan fingerprint density at radius 3 is 2.68 bits per heavy atom. The van der Waals surface area contributed by atoms with Crippen molar-refractivity contribution >= 4 is 40.8 Å². The number of anilines is 3. The quantitative estimate of drug-likeness (QED) is 0.772. The third kappa shape index (κ3) is 3.86. The number of aromatic nitrogens is 3. The highest BCUT2D eigenvalue weighted by atomic mass is 35.5. The summed E-state index contributed by atoms with van der Waals surface area (Å²) in [5, 5.41) is 1.02. The maximum absolute atomic E-state index is 6.21. The van der Waals surface area contributed by atoms with Gasteiger partial charge in [-0.1, -0.05) is 23.4 Å². The first-order valence-electron chi connectivity index (χ1n) is 9.48. The van der Waals surface area contributed by atoms with E-state index in [1.165, 1.54) is 31.0 Å². The number of pyridine rings is 1. The first-order chi connectivity index (χ1) is 13.5. The fourth-order valence-corrected chi connectivity index (χ4v) is 5.27. The van der Waals surface area contributed by atoms with Crippen molar-refractivity contribution in [3.63, 3.8) is 0 Å². The SMILES string of the molecule is COC1CCC2(CCN(c3cnc(Sc4ccnc(N)c4Cl)c(N)n3)CC2)C1. The standard InChI is InChI=1S/C19H25ClN6OS/c1-27-12-2-4-19(10-12)5-8-26(9-6-19)14-11-24-18(17(22)25-14)28-13-3-7-23-16(21)15(13)20/h3,7,11-12H,2,4-6,8-10H2,1H3,(H2,21,23)(H2,22,25). The molecule has 0 radical (unpaired) electrons. The number of nitrogens with zero attached hydrogens (tertiary/aromatic N) is 4. The summed E-state index contributed by atoms with van der Waals surface area (Å²) < 4.78 is 5.57. The van der Waals surface area contributed by atoms with Gasteiger partial charge in [-0.2, -0.15) is 0 Å². The number of ether oxygens (including phenoxy) is 1. The van der Waals surface area contributed by atoms with Crippen molar-refractivity contribution in [2.75, 3.05) is 36.6 Å². The number of methoxy groups -OCH3 is 1. The van der Waals surface area contributed by atoms with Gasteiger partial charge in [-0.3, -0.25) is 0 Å². The summed E-state index contributed by atoms with van der Waals surface area (Å²) in [6.07, 6.45) is 9.77. The molecule has 1 saturated carbocycles. The highest BCUT2D eigenvalue weighted by Gasteiger charge is 2.41. The highest BCUT2D eigenvalue weighted by molar-refractivity contribution is 7.99. The van der Waals surface area contributed by atoms with Gasteiger partial charge in [-0.15, -0.1) is 0 Å². The summed E-state index contributed by atoms with van der Waals surface area (Å²) in [5.41, 5.74) is 12.4. The molecule has 1 aliphatic heterocycles. The molecule has 4 rings (SSSR count). The van der Waals surface area contributed by atoms with Crippen LogP contribution in [0.5, 0.6) is 0 Å². The van der Waals surface area contributed by atoms with Gasteiger partial charge in [0, 0.05) is 31.3 Å². The van der Waals surface area contributed by atoms with E-state index in [-0.39, 0.29) is 0 Å². The van der Waals surface area contributed by atoms with Gasteiger partial charge in [0.25, 0.3) is 0 Å². The van der Waals surface area contributed by atoms with Crippen molar-refractivity contribution in [3.05, 3.63) is 23.5 Å². The van der Waals surface area contributed by atoms with E-state index in [1.54, 1.807) is 18.5 Å². The number of hydrogen-bond acceptors (Lipinski definition) is 8. The molecule has 2 aliphatic rings. The van der Waals surface area contributed by atoms with Gasteiger partial charge in [-0.05, 0) is 43.6 Å². The summed E-state index contributed by atoms with van der Waals surface area (Å²) in [7, 11) is 1.82. The number of piperidine rings is 1. The van der Waals surface area contributed by atoms with Crippen molar-refractivity contribution in [2.24, 2.45) is 5.41 Å². The predicted octanol–water partition coefficient (Wildman–Crippen LogP) is 3.63. The molecule has 1 unspecified atom stereocenters. The van der Waals surface area contributed by atoms with Gasteiger partial charge in [0.2, 0.25) is 0 Å². The topological polar surface area (TPSA) is 103 Å². The molecule has 1 atom stereocenters. The first kappa shape index (κ1) is 19.5. The lowest BCUT2D eigenvalue weighted by Gasteiger charge is -2.40. The van der Waals surface area contributed by atoms with Gasteiger partial charge < -0.3 is 21.1 Å². The maximum Gasteiger partial charge on any atom is 0.158 e. The monoisotopic (exact) mass is 420 g/mol. The fourth-order valence-electron chi connectivity index (χ4n) is 4.26. The van der Waals surface area contributed by atoms with Crippen molar-refractivity contribution in [1.82, 2.24) is 15.0 Å². The lowest BCUT2D eigenvalue weighted by Crippen LogP contribution is -2.39. The molecule has 2 aromatic heterocycles. The molecule has 1 spiro atoms. The van der Waals surface area contributed by atoms with Crippen LogP contribution in [0.15, 0.2) is 28.4 Å². The Hall–Kier alpha value is -1.77. The van der Waals surface area contributed by atoms with Crippen LogP contribution in [0, 0.1) is 5.41 Å². The molecule has 9 heteroatoms. The van der Waals surface area contributed by atoms with Gasteiger partial charge in [0.15, 0.2) is 5.82 Å². The lowest BCUT2D eigenvalue weighted by molar-refractivity contribution is 0.0895. The minimum absolute atomic E-state index is 0.291. The van der Waals surface area contributed by atoms with Crippen LogP contribution in [-0.2, 0) is 4.74 Å². The van der Waals surface area contributed by atoms with Crippen molar-refractivity contribution in [2.45, 2.75) is 48.1 Å². The molecule has 150 valence electrons. The molecule has 0 aromatic carbocycles. The van der Waals surface area contributed by atoms with E-state index in [0.29, 0.717) is 33.2 Å². The summed E-state index contributed by atoms with van der Waals surface area (Å²) in [6.45, 7) is 1.95. The van der Waals surface area contributed by atoms with Crippen LogP contribution in [0.4, 0.5) is 17.5 Å². The summed E-state index contributed by atoms with van der Waals surface area (Å²) in [4.78, 5) is 16.1. The van der Waals surface area contributed by atoms with Crippen LogP contribution >= 0.6 is 23.4 Å². The number of halogens is 1. The third-order valence-electron chi connectivity index (χ3n) is 5.98. The molecular formula is C19H25ClN6OS. The average molecular weight is 421 g/mol. The summed E-state index contributed by atoms with van der Waals surface area (Å²) >= 11 is 7.56. The zero-order chi connectivity index (χ0) is 19.7. The molecule has 0 amide bonds. The van der Waals surface area contributed by atoms with Gasteiger partial charge in [0.05, 0.1) is 17.3 Å². The average Bonchev–Trinajstić information content (AvgIpc) is 3.10. The third-order valence-corrected chi connectivity index (χ3v) is 7.55. The van der Waals surface area contributed by atoms with Gasteiger partial charge in [0.1, 0.15) is 16.7 Å². The normalized spacial score (nSPS) is 21.4. The number of nitrogens with two attached hydrogens (primary N) is 2. The Labute approximate surface area is 174 Å². The van der Waals surface area contributed by atoms with Crippen LogP contribution in [0.1, 0.15) is 32.1 Å². The van der Waals surface area contributed by atoms with Crippen LogP contribution in [0.2, 0.25) is 5.02 Å². The van der Waals surface area contributed by atoms with E-state index >= 15 is 0 Å². The van der Waals surface area contributed by atoms with E-state index in [1.807, 2.05) is 7.11 Å². The van der Waals surface area contributed by atoms with Crippen molar-refractivity contribution in [1.29, 1.82) is 0 Å². The number of nitrogen functional groups attached to an aromatic ring is 2. The molecule has 2 aromatic rings. The van der Waals surface area contributed by atoms with Gasteiger partial charge in [-0.25, -0.2) is 15.0 Å². The minimum atomic E-state index is 0.291. The van der Waals surface area contributed by atoms with E-state index in [0.717, 1.165) is 36.6 Å². The summed E-state index contributed by atoms with van der Waals surface area (Å²) in [5.74, 6) is 1.52. The maximum atomic E-state index is 6.21. The van der Waals surface area contributed by atoms with Crippen LogP contribution in [0.25, 0.3) is 0 Å². The molecule has 2 fully saturated rings. The number of rotatable bonds is 4. The van der Waals surface area contributed by atoms with Crippen molar-refractivity contribution in [3.8, 4) is 0 Å². The van der Waals surface area contributed by atoms with E-state index < -0.39 is 0 Å². The Kier molecular flexibility index (Phi) is 5.53. The fraction of sp³-hybridized carbons (Fsp3) is 0.526. The van der Waals surface area contributed by atoms with Gasteiger partial charge >= 0.3 is 0 Å². The first-order valence-corrected chi connectivity index (χ1v) is 10.7. The second-order valence-corrected chi connectivity index (χ2v) is 9.03. The van der Waals surface area contributed by atoms with Crippen LogP contribution < -0.4 is 16.4 Å². The molecule has 3 heterocycles. The van der Waals surface area contributed by atoms with E-state index in [4.69, 9.17) is 27.8 Å². The van der Waals surface area contributed by atoms with E-state index in [9.17, 15) is 0 Å². The minimum Gasteiger partial charge on any atom is -0.382 e. The highest BCUT2D eigenvalue weighted by Crippen LogP contribution is 2.47. The Morgan fingerprint density at radius 1 is 1.21 bits per heavy atom. The zero-order valence-corrected chi connectivity index (χ0v) is 17.5.